The Morgan fingerprint density at radius 2 is 2.10 bits per heavy atom. The summed E-state index contributed by atoms with van der Waals surface area (Å²) in [6, 6.07) is 7.36. The number of carbonyl (C=O) groups is 1. The Hall–Kier alpha value is -1.86. The molecule has 1 aromatic heterocycles. The van der Waals surface area contributed by atoms with Gasteiger partial charge in [0.15, 0.2) is 0 Å². The summed E-state index contributed by atoms with van der Waals surface area (Å²) in [6.07, 6.45) is 4.64. The van der Waals surface area contributed by atoms with E-state index in [2.05, 4.69) is 20.0 Å². The molecule has 5 rings (SSSR count). The minimum atomic E-state index is -0.199. The largest absolute Gasteiger partial charge is 0.336 e. The minimum Gasteiger partial charge on any atom is -0.336 e. The molecule has 1 amide bonds. The molecule has 4 heterocycles. The van der Waals surface area contributed by atoms with Crippen LogP contribution in [0.15, 0.2) is 24.3 Å². The summed E-state index contributed by atoms with van der Waals surface area (Å²) in [7, 11) is 0. The van der Waals surface area contributed by atoms with Gasteiger partial charge in [-0.3, -0.25) is 9.69 Å². The summed E-state index contributed by atoms with van der Waals surface area (Å²) in [6.45, 7) is 4.82. The van der Waals surface area contributed by atoms with Crippen LogP contribution < -0.4 is 0 Å². The molecule has 1 aromatic carbocycles. The molecule has 0 N–H and O–H groups in total. The highest BCUT2D eigenvalue weighted by atomic mass is 32.1. The average Bonchev–Trinajstić information content (AvgIpc) is 3.10. The fourth-order valence-electron chi connectivity index (χ4n) is 5.76. The zero-order valence-electron chi connectivity index (χ0n) is 16.8. The lowest BCUT2D eigenvalue weighted by Gasteiger charge is -2.56. The zero-order chi connectivity index (χ0) is 20.0. The number of hydrogen-bond acceptors (Lipinski definition) is 5. The third-order valence-electron chi connectivity index (χ3n) is 6.83. The molecular formula is C22H27FN4OS. The van der Waals surface area contributed by atoms with Gasteiger partial charge >= 0.3 is 0 Å². The van der Waals surface area contributed by atoms with Crippen LogP contribution in [0.1, 0.15) is 41.3 Å². The normalized spacial score (nSPS) is 29.7. The zero-order valence-corrected chi connectivity index (χ0v) is 17.6. The van der Waals surface area contributed by atoms with Crippen molar-refractivity contribution in [2.45, 2.75) is 57.7 Å². The van der Waals surface area contributed by atoms with Crippen LogP contribution in [0.3, 0.4) is 0 Å². The SMILES string of the molecule is Cc1nnc(CN2C[C@H]3C[C@@H](C2)[C@H](Cc2cccc(F)c2)N2C(=O)CCC[C@@H]32)s1. The molecule has 3 fully saturated rings. The van der Waals surface area contributed by atoms with Crippen molar-refractivity contribution in [1.29, 1.82) is 0 Å². The maximum atomic E-state index is 13.8. The molecule has 0 radical (unpaired) electrons. The lowest BCUT2D eigenvalue weighted by Crippen LogP contribution is -2.65. The summed E-state index contributed by atoms with van der Waals surface area (Å²) in [5, 5.41) is 10.6. The number of benzene rings is 1. The first-order chi connectivity index (χ1) is 14.1. The summed E-state index contributed by atoms with van der Waals surface area (Å²) in [5.74, 6) is 1.04. The second-order valence-electron chi connectivity index (χ2n) is 8.83. The highest BCUT2D eigenvalue weighted by Crippen LogP contribution is 2.43. The molecule has 29 heavy (non-hydrogen) atoms. The second-order valence-corrected chi connectivity index (χ2v) is 10.1. The van der Waals surface area contributed by atoms with Crippen LogP contribution in [0.4, 0.5) is 4.39 Å². The Labute approximate surface area is 174 Å². The summed E-state index contributed by atoms with van der Waals surface area (Å²) in [5.41, 5.74) is 0.988. The topological polar surface area (TPSA) is 49.3 Å². The molecule has 0 saturated carbocycles. The first-order valence-electron chi connectivity index (χ1n) is 10.6. The average molecular weight is 415 g/mol. The van der Waals surface area contributed by atoms with Crippen molar-refractivity contribution < 1.29 is 9.18 Å². The van der Waals surface area contributed by atoms with Crippen molar-refractivity contribution in [2.24, 2.45) is 11.8 Å². The van der Waals surface area contributed by atoms with Crippen LogP contribution in [-0.4, -0.2) is 51.1 Å². The Balaban J connectivity index is 1.41. The lowest BCUT2D eigenvalue weighted by molar-refractivity contribution is -0.152. The monoisotopic (exact) mass is 414 g/mol. The Morgan fingerprint density at radius 1 is 1.24 bits per heavy atom. The lowest BCUT2D eigenvalue weighted by atomic mass is 9.71. The van der Waals surface area contributed by atoms with Crippen molar-refractivity contribution in [3.05, 3.63) is 45.7 Å². The number of nitrogens with zero attached hydrogens (tertiary/aromatic N) is 4. The maximum absolute atomic E-state index is 13.8. The molecule has 2 bridgehead atoms. The van der Waals surface area contributed by atoms with Gasteiger partial charge in [-0.15, -0.1) is 21.5 Å². The van der Waals surface area contributed by atoms with Gasteiger partial charge in [0.25, 0.3) is 0 Å². The van der Waals surface area contributed by atoms with Crippen LogP contribution in [0.25, 0.3) is 0 Å². The van der Waals surface area contributed by atoms with Gasteiger partial charge in [-0.05, 0) is 62.1 Å². The quantitative estimate of drug-likeness (QED) is 0.769. The molecule has 3 saturated heterocycles. The van der Waals surface area contributed by atoms with E-state index in [-0.39, 0.29) is 11.9 Å². The summed E-state index contributed by atoms with van der Waals surface area (Å²) >= 11 is 1.67. The Kier molecular flexibility index (Phi) is 5.12. The van der Waals surface area contributed by atoms with Crippen molar-refractivity contribution in [2.75, 3.05) is 13.1 Å². The Morgan fingerprint density at radius 3 is 2.90 bits per heavy atom. The van der Waals surface area contributed by atoms with E-state index < -0.39 is 0 Å². The highest BCUT2D eigenvalue weighted by Gasteiger charge is 2.49. The standard InChI is InChI=1S/C22H27FN4OS/c1-14-24-25-21(29-14)13-26-11-16-10-17(12-26)20(9-15-4-2-5-18(23)8-15)27-19(16)6-3-7-22(27)28/h2,4-5,8,16-17,19-20H,3,6-7,9-13H2,1H3/t16-,17+,19+,20+/m1/s1. The van der Waals surface area contributed by atoms with E-state index in [4.69, 9.17) is 0 Å². The molecule has 4 atom stereocenters. The molecule has 7 heteroatoms. The van der Waals surface area contributed by atoms with Gasteiger partial charge in [-0.2, -0.15) is 0 Å². The fraction of sp³-hybridized carbons (Fsp3) is 0.591. The van der Waals surface area contributed by atoms with E-state index in [0.29, 0.717) is 30.2 Å². The molecule has 0 spiro atoms. The predicted octanol–water partition coefficient (Wildman–Crippen LogP) is 3.43. The van der Waals surface area contributed by atoms with E-state index >= 15 is 0 Å². The Bertz CT molecular complexity index is 902. The number of carbonyl (C=O) groups excluding carboxylic acids is 1. The van der Waals surface area contributed by atoms with E-state index in [1.807, 2.05) is 13.0 Å². The molecular weight excluding hydrogens is 387 g/mol. The molecule has 0 aliphatic carbocycles. The van der Waals surface area contributed by atoms with Crippen molar-refractivity contribution in [1.82, 2.24) is 20.0 Å². The molecule has 3 aliphatic heterocycles. The number of rotatable bonds is 4. The maximum Gasteiger partial charge on any atom is 0.223 e. The molecule has 5 nitrogen and oxygen atoms in total. The third kappa shape index (κ3) is 3.82. The number of aromatic nitrogens is 2. The van der Waals surface area contributed by atoms with Gasteiger partial charge in [0.05, 0.1) is 6.54 Å². The van der Waals surface area contributed by atoms with Crippen LogP contribution in [-0.2, 0) is 17.8 Å². The van der Waals surface area contributed by atoms with Gasteiger partial charge in [-0.1, -0.05) is 12.1 Å². The predicted molar refractivity (Wildman–Crippen MR) is 110 cm³/mol. The smallest absolute Gasteiger partial charge is 0.223 e. The van der Waals surface area contributed by atoms with Gasteiger partial charge in [-0.25, -0.2) is 4.39 Å². The van der Waals surface area contributed by atoms with Gasteiger partial charge < -0.3 is 4.90 Å². The van der Waals surface area contributed by atoms with Crippen LogP contribution in [0.2, 0.25) is 0 Å². The van der Waals surface area contributed by atoms with Crippen LogP contribution >= 0.6 is 11.3 Å². The number of piperidine rings is 3. The highest BCUT2D eigenvalue weighted by molar-refractivity contribution is 7.11. The molecule has 2 aromatic rings. The van der Waals surface area contributed by atoms with E-state index in [0.717, 1.165) is 54.5 Å². The van der Waals surface area contributed by atoms with Crippen molar-refractivity contribution in [3.63, 3.8) is 0 Å². The molecule has 154 valence electrons. The number of aryl methyl sites for hydroxylation is 1. The second kappa shape index (κ2) is 7.76. The summed E-state index contributed by atoms with van der Waals surface area (Å²) in [4.78, 5) is 17.6. The number of halogens is 1. The van der Waals surface area contributed by atoms with E-state index in [9.17, 15) is 9.18 Å². The first kappa shape index (κ1) is 19.1. The fourth-order valence-corrected chi connectivity index (χ4v) is 6.51. The number of fused-ring (bicyclic) bond motifs is 4. The minimum absolute atomic E-state index is 0.157. The van der Waals surface area contributed by atoms with Crippen LogP contribution in [0.5, 0.6) is 0 Å². The summed E-state index contributed by atoms with van der Waals surface area (Å²) < 4.78 is 13.8. The number of amides is 1. The number of hydrogen-bond donors (Lipinski definition) is 0. The molecule has 3 aliphatic rings. The van der Waals surface area contributed by atoms with E-state index in [1.54, 1.807) is 23.5 Å². The van der Waals surface area contributed by atoms with Crippen molar-refractivity contribution >= 4 is 17.2 Å². The molecule has 0 unspecified atom stereocenters. The van der Waals surface area contributed by atoms with Gasteiger partial charge in [0.2, 0.25) is 5.91 Å². The van der Waals surface area contributed by atoms with Gasteiger partial charge in [0, 0.05) is 31.6 Å². The van der Waals surface area contributed by atoms with Gasteiger partial charge in [0.1, 0.15) is 15.8 Å². The number of likely N-dealkylation sites (tertiary alicyclic amines) is 1. The van der Waals surface area contributed by atoms with Crippen LogP contribution in [0, 0.1) is 24.6 Å². The first-order valence-corrected chi connectivity index (χ1v) is 11.5. The van der Waals surface area contributed by atoms with E-state index in [1.165, 1.54) is 12.5 Å². The third-order valence-corrected chi connectivity index (χ3v) is 7.66. The van der Waals surface area contributed by atoms with Crippen molar-refractivity contribution in [3.8, 4) is 0 Å².